The summed E-state index contributed by atoms with van der Waals surface area (Å²) in [7, 11) is 0. The van der Waals surface area contributed by atoms with Gasteiger partial charge >= 0.3 is 0 Å². The molecule has 2 fully saturated rings. The van der Waals surface area contributed by atoms with E-state index in [4.69, 9.17) is 9.47 Å². The Kier molecular flexibility index (Phi) is 4.41. The molecule has 1 N–H and O–H groups in total. The molecule has 7 rings (SSSR count). The Balaban J connectivity index is 1.32. The number of amides is 3. The number of benzene rings is 3. The van der Waals surface area contributed by atoms with Crippen LogP contribution in [0.25, 0.3) is 0 Å². The molecular formula is C27H20N4O5. The first-order chi connectivity index (χ1) is 17.6. The summed E-state index contributed by atoms with van der Waals surface area (Å²) in [4.78, 5) is 42.6. The van der Waals surface area contributed by atoms with Crippen LogP contribution in [-0.4, -0.2) is 41.8 Å². The first-order valence-corrected chi connectivity index (χ1v) is 11.7. The van der Waals surface area contributed by atoms with Gasteiger partial charge in [-0.1, -0.05) is 42.5 Å². The Morgan fingerprint density at radius 1 is 0.889 bits per heavy atom. The van der Waals surface area contributed by atoms with E-state index in [-0.39, 0.29) is 18.6 Å². The summed E-state index contributed by atoms with van der Waals surface area (Å²) in [5, 5.41) is 9.09. The lowest BCUT2D eigenvalue weighted by atomic mass is 9.85. The van der Waals surface area contributed by atoms with Crippen LogP contribution in [-0.2, 0) is 14.4 Å². The van der Waals surface area contributed by atoms with Crippen LogP contribution in [0.4, 0.5) is 11.4 Å². The van der Waals surface area contributed by atoms with Crippen molar-refractivity contribution in [1.29, 1.82) is 0 Å². The number of nitrogens with zero attached hydrogens (tertiary/aromatic N) is 3. The highest BCUT2D eigenvalue weighted by Gasteiger charge is 2.65. The number of para-hydroxylation sites is 1. The van der Waals surface area contributed by atoms with E-state index in [0.717, 1.165) is 11.1 Å². The van der Waals surface area contributed by atoms with Gasteiger partial charge in [-0.15, -0.1) is 0 Å². The topological polar surface area (TPSA) is 101 Å². The Labute approximate surface area is 205 Å². The summed E-state index contributed by atoms with van der Waals surface area (Å²) in [6.07, 6.45) is 1.68. The molecule has 0 aliphatic carbocycles. The summed E-state index contributed by atoms with van der Waals surface area (Å²) in [6, 6.07) is 20.1. The van der Waals surface area contributed by atoms with E-state index in [9.17, 15) is 14.4 Å². The molecule has 36 heavy (non-hydrogen) atoms. The first-order valence-electron chi connectivity index (χ1n) is 11.7. The van der Waals surface area contributed by atoms with Crippen LogP contribution in [0.5, 0.6) is 11.5 Å². The van der Waals surface area contributed by atoms with Gasteiger partial charge in [0.15, 0.2) is 11.5 Å². The number of hydrogen-bond acceptors (Lipinski definition) is 7. The maximum absolute atomic E-state index is 13.9. The zero-order valence-corrected chi connectivity index (χ0v) is 18.9. The second-order valence-electron chi connectivity index (χ2n) is 9.10. The van der Waals surface area contributed by atoms with Crippen molar-refractivity contribution in [2.75, 3.05) is 17.0 Å². The lowest BCUT2D eigenvalue weighted by molar-refractivity contribution is -0.129. The minimum Gasteiger partial charge on any atom is -0.454 e. The van der Waals surface area contributed by atoms with Crippen LogP contribution < -0.4 is 19.7 Å². The van der Waals surface area contributed by atoms with Crippen LogP contribution in [0.2, 0.25) is 0 Å². The molecule has 9 heteroatoms. The number of rotatable bonds is 3. The molecule has 9 nitrogen and oxygen atoms in total. The van der Waals surface area contributed by atoms with Gasteiger partial charge in [-0.25, -0.2) is 4.90 Å². The van der Waals surface area contributed by atoms with Gasteiger partial charge in [0, 0.05) is 11.8 Å². The number of imide groups is 1. The molecule has 4 atom stereocenters. The highest BCUT2D eigenvalue weighted by Crippen LogP contribution is 2.53. The summed E-state index contributed by atoms with van der Waals surface area (Å²) in [5.41, 5.74) is 2.73. The van der Waals surface area contributed by atoms with Gasteiger partial charge in [0.05, 0.1) is 29.8 Å². The van der Waals surface area contributed by atoms with Crippen LogP contribution in [0.3, 0.4) is 0 Å². The number of ether oxygens (including phenoxy) is 2. The SMILES string of the molecule is O=C(Nc1ccccc1)[C@@H]1[C@@H]2C(=O)N(c3ccc4c(c3)OCO4)C(=O)[C@@H]2[C@H]2c3ccccc3C=NN12. The van der Waals surface area contributed by atoms with Gasteiger partial charge in [0.25, 0.3) is 0 Å². The molecule has 4 aliphatic heterocycles. The van der Waals surface area contributed by atoms with Gasteiger partial charge in [-0.2, -0.15) is 5.10 Å². The normalized spacial score (nSPS) is 25.0. The van der Waals surface area contributed by atoms with Crippen molar-refractivity contribution >= 4 is 35.3 Å². The van der Waals surface area contributed by atoms with Crippen LogP contribution in [0, 0.1) is 11.8 Å². The molecule has 0 radical (unpaired) electrons. The second-order valence-corrected chi connectivity index (χ2v) is 9.10. The third-order valence-electron chi connectivity index (χ3n) is 7.22. The number of carbonyl (C=O) groups excluding carboxylic acids is 3. The third-order valence-corrected chi connectivity index (χ3v) is 7.22. The molecule has 0 aromatic heterocycles. The maximum Gasteiger partial charge on any atom is 0.249 e. The smallest absolute Gasteiger partial charge is 0.249 e. The summed E-state index contributed by atoms with van der Waals surface area (Å²) in [5.74, 6) is -1.82. The second kappa shape index (κ2) is 7.67. The van der Waals surface area contributed by atoms with Crippen molar-refractivity contribution in [3.8, 4) is 11.5 Å². The summed E-state index contributed by atoms with van der Waals surface area (Å²) < 4.78 is 10.8. The number of nitrogens with one attached hydrogen (secondary N) is 1. The van der Waals surface area contributed by atoms with Gasteiger partial charge in [0.1, 0.15) is 6.04 Å². The van der Waals surface area contributed by atoms with Crippen LogP contribution in [0.1, 0.15) is 17.2 Å². The summed E-state index contributed by atoms with van der Waals surface area (Å²) >= 11 is 0. The molecule has 3 amide bonds. The van der Waals surface area contributed by atoms with Crippen LogP contribution >= 0.6 is 0 Å². The fourth-order valence-corrected chi connectivity index (χ4v) is 5.68. The molecular weight excluding hydrogens is 460 g/mol. The molecule has 0 saturated carbocycles. The van der Waals surface area contributed by atoms with E-state index in [1.54, 1.807) is 41.6 Å². The Bertz CT molecular complexity index is 1460. The average molecular weight is 480 g/mol. The molecule has 2 saturated heterocycles. The predicted octanol–water partition coefficient (Wildman–Crippen LogP) is 2.93. The first kappa shape index (κ1) is 20.7. The lowest BCUT2D eigenvalue weighted by Gasteiger charge is -2.33. The lowest BCUT2D eigenvalue weighted by Crippen LogP contribution is -2.46. The van der Waals surface area contributed by atoms with Crippen LogP contribution in [0.15, 0.2) is 77.9 Å². The summed E-state index contributed by atoms with van der Waals surface area (Å²) in [6.45, 7) is 0.0828. The van der Waals surface area contributed by atoms with Crippen molar-refractivity contribution in [3.63, 3.8) is 0 Å². The van der Waals surface area contributed by atoms with Crippen molar-refractivity contribution < 1.29 is 23.9 Å². The third kappa shape index (κ3) is 2.89. The van der Waals surface area contributed by atoms with Crippen molar-refractivity contribution in [2.45, 2.75) is 12.1 Å². The fraction of sp³-hybridized carbons (Fsp3) is 0.185. The van der Waals surface area contributed by atoms with Gasteiger partial charge in [-0.05, 0) is 35.4 Å². The number of hydrazone groups is 1. The molecule has 3 aromatic carbocycles. The largest absolute Gasteiger partial charge is 0.454 e. The van der Waals surface area contributed by atoms with E-state index >= 15 is 0 Å². The van der Waals surface area contributed by atoms with E-state index in [2.05, 4.69) is 10.4 Å². The number of carbonyl (C=O) groups is 3. The average Bonchev–Trinajstić information content (AvgIpc) is 3.57. The minimum absolute atomic E-state index is 0.0828. The van der Waals surface area contributed by atoms with E-state index < -0.39 is 29.8 Å². The molecule has 0 spiro atoms. The van der Waals surface area contributed by atoms with Gasteiger partial charge < -0.3 is 14.8 Å². The van der Waals surface area contributed by atoms with Gasteiger partial charge in [-0.3, -0.25) is 19.4 Å². The van der Waals surface area contributed by atoms with Crippen molar-refractivity contribution in [1.82, 2.24) is 5.01 Å². The molecule has 3 aromatic rings. The predicted molar refractivity (Wildman–Crippen MR) is 130 cm³/mol. The maximum atomic E-state index is 13.9. The Morgan fingerprint density at radius 3 is 2.50 bits per heavy atom. The van der Waals surface area contributed by atoms with E-state index in [1.807, 2.05) is 42.5 Å². The molecule has 0 unspecified atom stereocenters. The number of hydrogen-bond donors (Lipinski definition) is 1. The molecule has 178 valence electrons. The molecule has 4 heterocycles. The minimum atomic E-state index is -0.958. The van der Waals surface area contributed by atoms with E-state index in [0.29, 0.717) is 22.9 Å². The highest BCUT2D eigenvalue weighted by atomic mass is 16.7. The Morgan fingerprint density at radius 2 is 1.64 bits per heavy atom. The molecule has 0 bridgehead atoms. The zero-order valence-electron chi connectivity index (χ0n) is 18.9. The monoisotopic (exact) mass is 480 g/mol. The highest BCUT2D eigenvalue weighted by molar-refractivity contribution is 6.24. The van der Waals surface area contributed by atoms with Crippen molar-refractivity contribution in [3.05, 3.63) is 83.9 Å². The fourth-order valence-electron chi connectivity index (χ4n) is 5.68. The quantitative estimate of drug-likeness (QED) is 0.579. The number of anilines is 2. The standard InChI is InChI=1S/C27H20N4O5/c32-25(29-16-7-2-1-3-8-16)24-22-21(23-18-9-5-4-6-15(18)13-28-31(23)24)26(33)30(27(22)34)17-10-11-19-20(12-17)36-14-35-19/h1-13,21-24H,14H2,(H,29,32)/t21-,22+,23+,24-/m0/s1. The zero-order chi connectivity index (χ0) is 24.4. The molecule has 4 aliphatic rings. The van der Waals surface area contributed by atoms with Gasteiger partial charge in [0.2, 0.25) is 24.5 Å². The van der Waals surface area contributed by atoms with E-state index in [1.165, 1.54) is 4.90 Å². The number of fused-ring (bicyclic) bond motifs is 6. The Hall–Kier alpha value is -4.66. The van der Waals surface area contributed by atoms with Crippen molar-refractivity contribution in [2.24, 2.45) is 16.9 Å².